The van der Waals surface area contributed by atoms with Crippen LogP contribution in [0.1, 0.15) is 25.1 Å². The second-order valence-corrected chi connectivity index (χ2v) is 5.32. The molecule has 0 radical (unpaired) electrons. The molecule has 2 aromatic rings. The highest BCUT2D eigenvalue weighted by Crippen LogP contribution is 2.28. The first-order valence-electron chi connectivity index (χ1n) is 6.04. The minimum atomic E-state index is -0.462. The lowest BCUT2D eigenvalue weighted by Crippen LogP contribution is -2.02. The Bertz CT molecular complexity index is 555. The molecule has 1 aliphatic rings. The Morgan fingerprint density at radius 1 is 1.22 bits per heavy atom. The maximum absolute atomic E-state index is 13.0. The fraction of sp³-hybridized carbons (Fsp3) is 0.417. The van der Waals surface area contributed by atoms with Crippen LogP contribution in [-0.2, 0) is 13.0 Å². The molecule has 0 unspecified atom stereocenters. The molecular weight excluding hydrogens is 251 g/mol. The van der Waals surface area contributed by atoms with E-state index in [9.17, 15) is 4.39 Å². The smallest absolute Gasteiger partial charge is 0.213 e. The highest BCUT2D eigenvalue weighted by atomic mass is 32.2. The lowest BCUT2D eigenvalue weighted by atomic mass is 10.2. The molecule has 1 aliphatic heterocycles. The Hall–Kier alpha value is -1.43. The van der Waals surface area contributed by atoms with Crippen molar-refractivity contribution in [1.82, 2.24) is 19.7 Å². The molecule has 0 aliphatic carbocycles. The number of halogens is 1. The van der Waals surface area contributed by atoms with Gasteiger partial charge in [-0.25, -0.2) is 4.98 Å². The number of aryl methyl sites for hydroxylation is 1. The molecule has 6 heteroatoms. The lowest BCUT2D eigenvalue weighted by molar-refractivity contribution is 0.578. The second kappa shape index (κ2) is 5.06. The Labute approximate surface area is 109 Å². The van der Waals surface area contributed by atoms with E-state index in [0.29, 0.717) is 0 Å². The van der Waals surface area contributed by atoms with Crippen molar-refractivity contribution in [3.63, 3.8) is 0 Å². The minimum Gasteiger partial charge on any atom is -0.306 e. The fourth-order valence-corrected chi connectivity index (χ4v) is 2.97. The van der Waals surface area contributed by atoms with Crippen LogP contribution in [0.15, 0.2) is 28.4 Å². The van der Waals surface area contributed by atoms with Crippen LogP contribution in [0.5, 0.6) is 0 Å². The number of fused-ring (bicyclic) bond motifs is 1. The van der Waals surface area contributed by atoms with E-state index >= 15 is 0 Å². The molecule has 4 nitrogen and oxygen atoms in total. The van der Waals surface area contributed by atoms with Gasteiger partial charge in [0.2, 0.25) is 5.95 Å². The van der Waals surface area contributed by atoms with E-state index in [-0.39, 0.29) is 0 Å². The first kappa shape index (κ1) is 11.6. The van der Waals surface area contributed by atoms with Gasteiger partial charge in [-0.05, 0) is 30.7 Å². The van der Waals surface area contributed by atoms with E-state index < -0.39 is 5.95 Å². The number of aromatic nitrogens is 4. The van der Waals surface area contributed by atoms with Crippen LogP contribution in [0.2, 0.25) is 0 Å². The van der Waals surface area contributed by atoms with Crippen LogP contribution < -0.4 is 0 Å². The molecule has 0 amide bonds. The van der Waals surface area contributed by atoms with E-state index in [1.54, 1.807) is 6.07 Å². The molecule has 18 heavy (non-hydrogen) atoms. The average molecular weight is 264 g/mol. The summed E-state index contributed by atoms with van der Waals surface area (Å²) in [6, 6.07) is 3.20. The number of pyridine rings is 1. The number of hydrogen-bond acceptors (Lipinski definition) is 4. The highest BCUT2D eigenvalue weighted by Gasteiger charge is 2.15. The van der Waals surface area contributed by atoms with Gasteiger partial charge in [0.25, 0.3) is 0 Å². The van der Waals surface area contributed by atoms with Gasteiger partial charge in [0.15, 0.2) is 5.16 Å². The summed E-state index contributed by atoms with van der Waals surface area (Å²) in [5, 5.41) is 9.26. The number of nitrogens with zero attached hydrogens (tertiary/aromatic N) is 4. The standard InChI is InChI=1S/C12H13FN4S/c13-10-8-9(5-6-14-10)18-12-16-15-11-4-2-1-3-7-17(11)12/h5-6,8H,1-4,7H2. The van der Waals surface area contributed by atoms with Gasteiger partial charge in [0, 0.05) is 30.1 Å². The van der Waals surface area contributed by atoms with Crippen LogP contribution in [0.25, 0.3) is 0 Å². The first-order valence-corrected chi connectivity index (χ1v) is 6.86. The summed E-state index contributed by atoms with van der Waals surface area (Å²) in [7, 11) is 0. The van der Waals surface area contributed by atoms with Crippen molar-refractivity contribution in [2.75, 3.05) is 0 Å². The van der Waals surface area contributed by atoms with Gasteiger partial charge in [-0.2, -0.15) is 4.39 Å². The lowest BCUT2D eigenvalue weighted by Gasteiger charge is -2.05. The quantitative estimate of drug-likeness (QED) is 0.782. The molecule has 0 aromatic carbocycles. The van der Waals surface area contributed by atoms with Gasteiger partial charge in [0.05, 0.1) is 0 Å². The van der Waals surface area contributed by atoms with Gasteiger partial charge in [-0.1, -0.05) is 6.42 Å². The van der Waals surface area contributed by atoms with Gasteiger partial charge < -0.3 is 4.57 Å². The zero-order chi connectivity index (χ0) is 12.4. The summed E-state index contributed by atoms with van der Waals surface area (Å²) in [5.41, 5.74) is 0. The zero-order valence-electron chi connectivity index (χ0n) is 9.84. The Balaban J connectivity index is 1.87. The summed E-state index contributed by atoms with van der Waals surface area (Å²) in [6.45, 7) is 0.957. The Kier molecular flexibility index (Phi) is 3.27. The SMILES string of the molecule is Fc1cc(Sc2nnc3n2CCCCC3)ccn1. The van der Waals surface area contributed by atoms with Gasteiger partial charge in [-0.15, -0.1) is 10.2 Å². The van der Waals surface area contributed by atoms with Crippen molar-refractivity contribution in [2.45, 2.75) is 42.3 Å². The third kappa shape index (κ3) is 2.38. The molecule has 0 spiro atoms. The molecule has 0 bridgehead atoms. The molecule has 0 N–H and O–H groups in total. The zero-order valence-corrected chi connectivity index (χ0v) is 10.7. The number of hydrogen-bond donors (Lipinski definition) is 0. The summed E-state index contributed by atoms with van der Waals surface area (Å²) in [4.78, 5) is 4.36. The van der Waals surface area contributed by atoms with Crippen LogP contribution in [0.3, 0.4) is 0 Å². The van der Waals surface area contributed by atoms with E-state index in [4.69, 9.17) is 0 Å². The molecule has 0 atom stereocenters. The Morgan fingerprint density at radius 2 is 2.17 bits per heavy atom. The number of rotatable bonds is 2. The monoisotopic (exact) mass is 264 g/mol. The predicted octanol–water partition coefficient (Wildman–Crippen LogP) is 2.69. The molecule has 3 rings (SSSR count). The fourth-order valence-electron chi connectivity index (χ4n) is 2.09. The van der Waals surface area contributed by atoms with Crippen LogP contribution >= 0.6 is 11.8 Å². The van der Waals surface area contributed by atoms with Crippen molar-refractivity contribution in [2.24, 2.45) is 0 Å². The van der Waals surface area contributed by atoms with Crippen molar-refractivity contribution in [1.29, 1.82) is 0 Å². The van der Waals surface area contributed by atoms with Crippen molar-refractivity contribution < 1.29 is 4.39 Å². The Morgan fingerprint density at radius 3 is 3.06 bits per heavy atom. The van der Waals surface area contributed by atoms with Crippen LogP contribution in [-0.4, -0.2) is 19.7 Å². The maximum atomic E-state index is 13.0. The van der Waals surface area contributed by atoms with Gasteiger partial charge in [0.1, 0.15) is 5.82 Å². The van der Waals surface area contributed by atoms with Crippen molar-refractivity contribution >= 4 is 11.8 Å². The van der Waals surface area contributed by atoms with E-state index in [1.807, 2.05) is 0 Å². The summed E-state index contributed by atoms with van der Waals surface area (Å²) < 4.78 is 15.2. The minimum absolute atomic E-state index is 0.462. The topological polar surface area (TPSA) is 43.6 Å². The average Bonchev–Trinajstić information content (AvgIpc) is 2.60. The third-order valence-corrected chi connectivity index (χ3v) is 3.96. The van der Waals surface area contributed by atoms with E-state index in [0.717, 1.165) is 35.3 Å². The molecule has 94 valence electrons. The van der Waals surface area contributed by atoms with Crippen LogP contribution in [0.4, 0.5) is 4.39 Å². The summed E-state index contributed by atoms with van der Waals surface area (Å²) >= 11 is 1.44. The maximum Gasteiger partial charge on any atom is 0.213 e. The van der Waals surface area contributed by atoms with E-state index in [2.05, 4.69) is 19.7 Å². The molecule has 2 aromatic heterocycles. The molecule has 3 heterocycles. The first-order chi connectivity index (χ1) is 8.83. The molecule has 0 fully saturated rings. The van der Waals surface area contributed by atoms with Gasteiger partial charge >= 0.3 is 0 Å². The second-order valence-electron chi connectivity index (χ2n) is 4.28. The molecular formula is C12H13FN4S. The summed E-state index contributed by atoms with van der Waals surface area (Å²) in [6.07, 6.45) is 6.02. The van der Waals surface area contributed by atoms with Crippen molar-refractivity contribution in [3.05, 3.63) is 30.1 Å². The van der Waals surface area contributed by atoms with Crippen LogP contribution in [0, 0.1) is 5.95 Å². The van der Waals surface area contributed by atoms with E-state index in [1.165, 1.54) is 36.9 Å². The normalized spacial score (nSPS) is 15.2. The largest absolute Gasteiger partial charge is 0.306 e. The van der Waals surface area contributed by atoms with Crippen molar-refractivity contribution in [3.8, 4) is 0 Å². The highest BCUT2D eigenvalue weighted by molar-refractivity contribution is 7.99. The molecule has 0 saturated heterocycles. The summed E-state index contributed by atoms with van der Waals surface area (Å²) in [5.74, 6) is 0.583. The van der Waals surface area contributed by atoms with Gasteiger partial charge in [-0.3, -0.25) is 0 Å². The molecule has 0 saturated carbocycles. The third-order valence-electron chi connectivity index (χ3n) is 2.98. The predicted molar refractivity (Wildman–Crippen MR) is 65.9 cm³/mol.